The van der Waals surface area contributed by atoms with Crippen molar-refractivity contribution in [1.29, 1.82) is 0 Å². The molecule has 0 aliphatic heterocycles. The summed E-state index contributed by atoms with van der Waals surface area (Å²) in [6.45, 7) is 0. The van der Waals surface area contributed by atoms with Crippen molar-refractivity contribution in [2.24, 2.45) is 0 Å². The smallest absolute Gasteiger partial charge is 0.497 e. The van der Waals surface area contributed by atoms with Gasteiger partial charge in [0.1, 0.15) is 5.75 Å². The predicted octanol–water partition coefficient (Wildman–Crippen LogP) is 1.12. The van der Waals surface area contributed by atoms with Gasteiger partial charge < -0.3 is 22.0 Å². The molecule has 2 rings (SSSR count). The van der Waals surface area contributed by atoms with Crippen LogP contribution in [0, 0.1) is 7.14 Å². The predicted molar refractivity (Wildman–Crippen MR) is 67.0 cm³/mol. The zero-order chi connectivity index (χ0) is 15.0. The molecule has 1 nitrogen and oxygen atoms in total. The maximum atomic E-state index is 9.75. The summed E-state index contributed by atoms with van der Waals surface area (Å²) < 4.78 is 47.0. The Morgan fingerprint density at radius 3 is 1.70 bits per heavy atom. The Bertz CT molecular complexity index is 496. The van der Waals surface area contributed by atoms with Crippen LogP contribution in [0.1, 0.15) is 0 Å². The van der Waals surface area contributed by atoms with Gasteiger partial charge in [-0.1, -0.05) is 18.2 Å². The van der Waals surface area contributed by atoms with Crippen molar-refractivity contribution in [1.82, 2.24) is 0 Å². The zero-order valence-electron chi connectivity index (χ0n) is 10.6. The summed E-state index contributed by atoms with van der Waals surface area (Å²) in [7, 11) is -4.30. The van der Waals surface area contributed by atoms with Crippen LogP contribution in [0.3, 0.4) is 0 Å². The maximum Gasteiger partial charge on any atom is 0.673 e. The second-order valence-corrected chi connectivity index (χ2v) is 6.57. The Hall–Kier alpha value is -1.25. The molecule has 0 N–H and O–H groups in total. The van der Waals surface area contributed by atoms with Crippen molar-refractivity contribution in [3.63, 3.8) is 0 Å². The molecule has 0 atom stereocenters. The van der Waals surface area contributed by atoms with E-state index >= 15 is 0 Å². The number of hydrogen-bond donors (Lipinski definition) is 0. The number of halogens is 5. The van der Waals surface area contributed by atoms with Gasteiger partial charge in [0.05, 0.1) is 7.11 Å². The molecule has 0 unspecified atom stereocenters. The van der Waals surface area contributed by atoms with Gasteiger partial charge in [-0.25, -0.2) is 0 Å². The Labute approximate surface area is 125 Å². The molecular formula is C13H12BF4IO. The minimum atomic E-state index is -6.00. The average molecular weight is 398 g/mol. The van der Waals surface area contributed by atoms with Gasteiger partial charge in [0.15, 0.2) is 7.14 Å². The standard InChI is InChI=1S/C13H12IO.BF4/c1-15-13-9-7-12(8-10-13)14-11-5-3-2-4-6-11;2-1(3,4)5/h2-10H,1H3;/q+1;-1. The van der Waals surface area contributed by atoms with Gasteiger partial charge in [0.25, 0.3) is 0 Å². The van der Waals surface area contributed by atoms with Crippen LogP contribution in [0.25, 0.3) is 0 Å². The molecule has 2 aromatic rings. The molecular weight excluding hydrogens is 386 g/mol. The fourth-order valence-electron chi connectivity index (χ4n) is 1.24. The summed E-state index contributed by atoms with van der Waals surface area (Å²) in [6, 6.07) is 19.0. The molecule has 0 bridgehead atoms. The zero-order valence-corrected chi connectivity index (χ0v) is 12.7. The topological polar surface area (TPSA) is 9.23 Å². The first-order valence-corrected chi connectivity index (χ1v) is 7.75. The molecule has 0 fully saturated rings. The fourth-order valence-corrected chi connectivity index (χ4v) is 3.45. The van der Waals surface area contributed by atoms with Crippen molar-refractivity contribution in [3.8, 4) is 5.75 Å². The SMILES string of the molecule is COc1ccc([I+]c2ccccc2)cc1.F[B-](F)(F)F. The van der Waals surface area contributed by atoms with E-state index in [9.17, 15) is 17.3 Å². The van der Waals surface area contributed by atoms with Crippen molar-refractivity contribution >= 4 is 7.25 Å². The first-order valence-electron chi connectivity index (χ1n) is 5.60. The van der Waals surface area contributed by atoms with Gasteiger partial charge in [-0.2, -0.15) is 0 Å². The van der Waals surface area contributed by atoms with Crippen LogP contribution in [0.4, 0.5) is 17.3 Å². The van der Waals surface area contributed by atoms with Crippen LogP contribution < -0.4 is 25.9 Å². The number of benzene rings is 2. The van der Waals surface area contributed by atoms with E-state index in [0.717, 1.165) is 5.75 Å². The van der Waals surface area contributed by atoms with Gasteiger partial charge in [0.2, 0.25) is 0 Å². The Kier molecular flexibility index (Phi) is 6.84. The summed E-state index contributed by atoms with van der Waals surface area (Å²) in [6.07, 6.45) is 0. The summed E-state index contributed by atoms with van der Waals surface area (Å²) in [4.78, 5) is 0. The second-order valence-electron chi connectivity index (χ2n) is 3.54. The highest BCUT2D eigenvalue weighted by molar-refractivity contribution is 6.50. The van der Waals surface area contributed by atoms with E-state index in [1.54, 1.807) is 7.11 Å². The number of hydrogen-bond acceptors (Lipinski definition) is 1. The monoisotopic (exact) mass is 398 g/mol. The van der Waals surface area contributed by atoms with Gasteiger partial charge in [-0.3, -0.25) is 0 Å². The fraction of sp³-hybridized carbons (Fsp3) is 0.0769. The van der Waals surface area contributed by atoms with E-state index < -0.39 is 7.25 Å². The van der Waals surface area contributed by atoms with Crippen molar-refractivity contribution < 1.29 is 43.2 Å². The highest BCUT2D eigenvalue weighted by atomic mass is 127. The molecule has 7 heteroatoms. The first-order chi connectivity index (χ1) is 9.38. The lowest BCUT2D eigenvalue weighted by Gasteiger charge is -1.95. The Morgan fingerprint density at radius 2 is 1.25 bits per heavy atom. The van der Waals surface area contributed by atoms with Crippen LogP contribution in [0.15, 0.2) is 54.6 Å². The molecule has 0 aliphatic rings. The third kappa shape index (κ3) is 8.03. The van der Waals surface area contributed by atoms with Crippen molar-refractivity contribution in [2.75, 3.05) is 7.11 Å². The lowest BCUT2D eigenvalue weighted by atomic mass is 10.3. The minimum Gasteiger partial charge on any atom is -0.497 e. The van der Waals surface area contributed by atoms with Crippen LogP contribution in [0.2, 0.25) is 0 Å². The average Bonchev–Trinajstić information content (AvgIpc) is 2.39. The van der Waals surface area contributed by atoms with E-state index in [-0.39, 0.29) is 21.2 Å². The molecule has 0 radical (unpaired) electrons. The number of rotatable bonds is 3. The van der Waals surface area contributed by atoms with Crippen LogP contribution in [-0.4, -0.2) is 14.4 Å². The van der Waals surface area contributed by atoms with E-state index in [2.05, 4.69) is 42.5 Å². The molecule has 0 aliphatic carbocycles. The second kappa shape index (κ2) is 8.13. The lowest BCUT2D eigenvalue weighted by Crippen LogP contribution is -3.61. The third-order valence-electron chi connectivity index (χ3n) is 2.00. The number of ether oxygens (including phenoxy) is 1. The molecule has 0 spiro atoms. The summed E-state index contributed by atoms with van der Waals surface area (Å²) in [5, 5.41) is 0. The molecule has 0 heterocycles. The molecule has 0 saturated heterocycles. The third-order valence-corrected chi connectivity index (χ3v) is 4.68. The van der Waals surface area contributed by atoms with E-state index in [4.69, 9.17) is 4.74 Å². The van der Waals surface area contributed by atoms with Gasteiger partial charge >= 0.3 is 28.5 Å². The van der Waals surface area contributed by atoms with Gasteiger partial charge in [-0.05, 0) is 36.4 Å². The van der Waals surface area contributed by atoms with Crippen molar-refractivity contribution in [3.05, 3.63) is 61.7 Å². The summed E-state index contributed by atoms with van der Waals surface area (Å²) in [5.41, 5.74) is 0. The molecule has 0 aromatic heterocycles. The Morgan fingerprint density at radius 1 is 0.800 bits per heavy atom. The summed E-state index contributed by atoms with van der Waals surface area (Å²) >= 11 is -0.0449. The van der Waals surface area contributed by atoms with Gasteiger partial charge in [0, 0.05) is 0 Å². The first kappa shape index (κ1) is 16.8. The number of methoxy groups -OCH3 is 1. The molecule has 20 heavy (non-hydrogen) atoms. The maximum absolute atomic E-state index is 9.75. The Balaban J connectivity index is 0.000000347. The van der Waals surface area contributed by atoms with Crippen LogP contribution in [0.5, 0.6) is 5.75 Å². The summed E-state index contributed by atoms with van der Waals surface area (Å²) in [5.74, 6) is 0.927. The van der Waals surface area contributed by atoms with E-state index in [1.165, 1.54) is 7.14 Å². The normalized spacial score (nSPS) is 10.4. The van der Waals surface area contributed by atoms with Crippen molar-refractivity contribution in [2.45, 2.75) is 0 Å². The van der Waals surface area contributed by atoms with Crippen LogP contribution in [-0.2, 0) is 0 Å². The molecule has 108 valence electrons. The lowest BCUT2D eigenvalue weighted by molar-refractivity contribution is -0.597. The highest BCUT2D eigenvalue weighted by Gasteiger charge is 2.20. The van der Waals surface area contributed by atoms with E-state index in [0.29, 0.717) is 0 Å². The van der Waals surface area contributed by atoms with E-state index in [1.807, 2.05) is 12.1 Å². The minimum absolute atomic E-state index is 0.0449. The molecule has 0 amide bonds. The highest BCUT2D eigenvalue weighted by Crippen LogP contribution is 2.07. The van der Waals surface area contributed by atoms with Crippen LogP contribution >= 0.6 is 0 Å². The molecule has 0 saturated carbocycles. The largest absolute Gasteiger partial charge is 0.673 e. The molecule has 2 aromatic carbocycles. The quantitative estimate of drug-likeness (QED) is 0.428. The van der Waals surface area contributed by atoms with Gasteiger partial charge in [-0.15, -0.1) is 0 Å².